The van der Waals surface area contributed by atoms with Crippen LogP contribution in [0.1, 0.15) is 22.8 Å². The van der Waals surface area contributed by atoms with Crippen molar-refractivity contribution < 1.29 is 9.59 Å². The first-order valence-electron chi connectivity index (χ1n) is 7.10. The van der Waals surface area contributed by atoms with Crippen molar-refractivity contribution in [2.24, 2.45) is 0 Å². The van der Waals surface area contributed by atoms with Crippen molar-refractivity contribution in [2.45, 2.75) is 19.9 Å². The molecule has 0 aliphatic carbocycles. The van der Waals surface area contributed by atoms with Gasteiger partial charge in [0.25, 0.3) is 5.91 Å². The maximum Gasteiger partial charge on any atom is 0.254 e. The Morgan fingerprint density at radius 1 is 1.48 bits per heavy atom. The lowest BCUT2D eigenvalue weighted by atomic mass is 10.0. The standard InChI is InChI=1S/C15H20ClN3O2/c1-3-18-14(20)13-9-17-7-8-19(13)15(21)11-5-4-6-12(16)10(11)2/h4-6,13,17H,3,7-9H2,1-2H3,(H,18,20). The van der Waals surface area contributed by atoms with Gasteiger partial charge in [-0.25, -0.2) is 0 Å². The zero-order valence-electron chi connectivity index (χ0n) is 12.3. The van der Waals surface area contributed by atoms with Gasteiger partial charge in [0, 0.05) is 36.8 Å². The second-order valence-corrected chi connectivity index (χ2v) is 5.43. The highest BCUT2D eigenvalue weighted by atomic mass is 35.5. The molecule has 1 heterocycles. The van der Waals surface area contributed by atoms with E-state index in [-0.39, 0.29) is 11.8 Å². The van der Waals surface area contributed by atoms with E-state index in [4.69, 9.17) is 11.6 Å². The summed E-state index contributed by atoms with van der Waals surface area (Å²) in [4.78, 5) is 26.5. The summed E-state index contributed by atoms with van der Waals surface area (Å²) in [5, 5.41) is 6.50. The normalized spacial score (nSPS) is 18.4. The van der Waals surface area contributed by atoms with Crippen LogP contribution in [0.3, 0.4) is 0 Å². The molecule has 0 saturated carbocycles. The van der Waals surface area contributed by atoms with Crippen molar-refractivity contribution in [3.05, 3.63) is 34.3 Å². The predicted molar refractivity (Wildman–Crippen MR) is 82.6 cm³/mol. The molecule has 5 nitrogen and oxygen atoms in total. The number of rotatable bonds is 3. The molecule has 1 unspecified atom stereocenters. The van der Waals surface area contributed by atoms with Gasteiger partial charge in [0.05, 0.1) is 0 Å². The van der Waals surface area contributed by atoms with Crippen LogP contribution in [0.5, 0.6) is 0 Å². The highest BCUT2D eigenvalue weighted by molar-refractivity contribution is 6.31. The van der Waals surface area contributed by atoms with Crippen LogP contribution in [0, 0.1) is 6.92 Å². The number of hydrogen-bond donors (Lipinski definition) is 2. The first-order chi connectivity index (χ1) is 10.1. The summed E-state index contributed by atoms with van der Waals surface area (Å²) in [6.45, 7) is 5.89. The summed E-state index contributed by atoms with van der Waals surface area (Å²) in [7, 11) is 0. The smallest absolute Gasteiger partial charge is 0.254 e. The first-order valence-corrected chi connectivity index (χ1v) is 7.48. The molecular weight excluding hydrogens is 290 g/mol. The van der Waals surface area contributed by atoms with E-state index in [1.165, 1.54) is 0 Å². The number of amides is 2. The van der Waals surface area contributed by atoms with Crippen LogP contribution in [0.25, 0.3) is 0 Å². The van der Waals surface area contributed by atoms with Gasteiger partial charge in [-0.1, -0.05) is 17.7 Å². The summed E-state index contributed by atoms with van der Waals surface area (Å²) < 4.78 is 0. The van der Waals surface area contributed by atoms with E-state index >= 15 is 0 Å². The molecule has 1 fully saturated rings. The molecule has 6 heteroatoms. The largest absolute Gasteiger partial charge is 0.355 e. The number of nitrogens with one attached hydrogen (secondary N) is 2. The molecule has 1 aliphatic rings. The van der Waals surface area contributed by atoms with Gasteiger partial charge in [-0.2, -0.15) is 0 Å². The summed E-state index contributed by atoms with van der Waals surface area (Å²) in [6, 6.07) is 4.78. The average Bonchev–Trinajstić information content (AvgIpc) is 2.49. The van der Waals surface area contributed by atoms with Gasteiger partial charge in [0.2, 0.25) is 5.91 Å². The van der Waals surface area contributed by atoms with Crippen molar-refractivity contribution in [1.29, 1.82) is 0 Å². The van der Waals surface area contributed by atoms with E-state index in [2.05, 4.69) is 10.6 Å². The molecular formula is C15H20ClN3O2. The van der Waals surface area contributed by atoms with Gasteiger partial charge < -0.3 is 15.5 Å². The van der Waals surface area contributed by atoms with Gasteiger partial charge in [-0.05, 0) is 31.5 Å². The van der Waals surface area contributed by atoms with Crippen LogP contribution in [0.2, 0.25) is 5.02 Å². The lowest BCUT2D eigenvalue weighted by Gasteiger charge is -2.35. The molecule has 114 valence electrons. The quantitative estimate of drug-likeness (QED) is 0.882. The Morgan fingerprint density at radius 3 is 2.95 bits per heavy atom. The molecule has 1 aromatic rings. The molecule has 0 aromatic heterocycles. The van der Waals surface area contributed by atoms with Crippen LogP contribution < -0.4 is 10.6 Å². The summed E-state index contributed by atoms with van der Waals surface area (Å²) in [5.74, 6) is -0.273. The molecule has 2 amide bonds. The first kappa shape index (κ1) is 15.8. The monoisotopic (exact) mass is 309 g/mol. The number of hydrogen-bond acceptors (Lipinski definition) is 3. The van der Waals surface area contributed by atoms with Gasteiger partial charge in [-0.15, -0.1) is 0 Å². The van der Waals surface area contributed by atoms with Crippen molar-refractivity contribution >= 4 is 23.4 Å². The molecule has 1 saturated heterocycles. The zero-order valence-corrected chi connectivity index (χ0v) is 13.0. The van der Waals surface area contributed by atoms with E-state index in [0.717, 1.165) is 5.56 Å². The van der Waals surface area contributed by atoms with E-state index in [0.29, 0.717) is 36.8 Å². The number of carbonyl (C=O) groups is 2. The van der Waals surface area contributed by atoms with Crippen LogP contribution >= 0.6 is 11.6 Å². The molecule has 0 spiro atoms. The Labute approximate surface area is 129 Å². The minimum absolute atomic E-state index is 0.127. The number of likely N-dealkylation sites (N-methyl/N-ethyl adjacent to an activating group) is 1. The fourth-order valence-corrected chi connectivity index (χ4v) is 2.64. The summed E-state index contributed by atoms with van der Waals surface area (Å²) in [5.41, 5.74) is 1.30. The Bertz CT molecular complexity index is 548. The molecule has 2 N–H and O–H groups in total. The van der Waals surface area contributed by atoms with E-state index < -0.39 is 6.04 Å². The van der Waals surface area contributed by atoms with E-state index in [1.807, 2.05) is 13.8 Å². The predicted octanol–water partition coefficient (Wildman–Crippen LogP) is 1.20. The highest BCUT2D eigenvalue weighted by Crippen LogP contribution is 2.21. The zero-order chi connectivity index (χ0) is 15.4. The number of halogens is 1. The lowest BCUT2D eigenvalue weighted by Crippen LogP contribution is -2.59. The fourth-order valence-electron chi connectivity index (χ4n) is 2.47. The Hall–Kier alpha value is -1.59. The third-order valence-corrected chi connectivity index (χ3v) is 4.07. The Morgan fingerprint density at radius 2 is 2.24 bits per heavy atom. The fraction of sp³-hybridized carbons (Fsp3) is 0.467. The number of carbonyl (C=O) groups excluding carboxylic acids is 2. The van der Waals surface area contributed by atoms with Crippen LogP contribution in [-0.4, -0.2) is 48.9 Å². The van der Waals surface area contributed by atoms with Crippen LogP contribution in [0.4, 0.5) is 0 Å². The highest BCUT2D eigenvalue weighted by Gasteiger charge is 2.32. The Kier molecular flexibility index (Phi) is 5.20. The third kappa shape index (κ3) is 3.36. The molecule has 1 aromatic carbocycles. The van der Waals surface area contributed by atoms with Gasteiger partial charge in [-0.3, -0.25) is 9.59 Å². The topological polar surface area (TPSA) is 61.4 Å². The molecule has 0 bridgehead atoms. The SMILES string of the molecule is CCNC(=O)C1CNCCN1C(=O)c1cccc(Cl)c1C. The summed E-state index contributed by atoms with van der Waals surface area (Å²) >= 11 is 6.08. The minimum atomic E-state index is -0.482. The number of nitrogens with zero attached hydrogens (tertiary/aromatic N) is 1. The molecule has 1 aliphatic heterocycles. The summed E-state index contributed by atoms with van der Waals surface area (Å²) in [6.07, 6.45) is 0. The van der Waals surface area contributed by atoms with E-state index in [9.17, 15) is 9.59 Å². The van der Waals surface area contributed by atoms with Gasteiger partial charge >= 0.3 is 0 Å². The molecule has 0 radical (unpaired) electrons. The third-order valence-electron chi connectivity index (χ3n) is 3.66. The maximum atomic E-state index is 12.8. The minimum Gasteiger partial charge on any atom is -0.355 e. The number of benzene rings is 1. The van der Waals surface area contributed by atoms with E-state index in [1.54, 1.807) is 23.1 Å². The van der Waals surface area contributed by atoms with Crippen LogP contribution in [-0.2, 0) is 4.79 Å². The average molecular weight is 310 g/mol. The molecule has 1 atom stereocenters. The van der Waals surface area contributed by atoms with Crippen molar-refractivity contribution in [3.8, 4) is 0 Å². The second kappa shape index (κ2) is 6.91. The van der Waals surface area contributed by atoms with Crippen molar-refractivity contribution in [3.63, 3.8) is 0 Å². The molecule has 21 heavy (non-hydrogen) atoms. The number of piperazine rings is 1. The van der Waals surface area contributed by atoms with Crippen LogP contribution in [0.15, 0.2) is 18.2 Å². The van der Waals surface area contributed by atoms with Gasteiger partial charge in [0.15, 0.2) is 0 Å². The van der Waals surface area contributed by atoms with Gasteiger partial charge in [0.1, 0.15) is 6.04 Å². The molecule has 2 rings (SSSR count). The second-order valence-electron chi connectivity index (χ2n) is 5.03. The van der Waals surface area contributed by atoms with Crippen molar-refractivity contribution in [1.82, 2.24) is 15.5 Å². The lowest BCUT2D eigenvalue weighted by molar-refractivity contribution is -0.126. The maximum absolute atomic E-state index is 12.8. The van der Waals surface area contributed by atoms with Crippen molar-refractivity contribution in [2.75, 3.05) is 26.2 Å². The Balaban J connectivity index is 2.26.